The van der Waals surface area contributed by atoms with E-state index in [1.807, 2.05) is 50.2 Å². The van der Waals surface area contributed by atoms with Crippen LogP contribution in [0.1, 0.15) is 22.4 Å². The summed E-state index contributed by atoms with van der Waals surface area (Å²) in [6.45, 7) is 5.53. The van der Waals surface area contributed by atoms with E-state index in [2.05, 4.69) is 20.6 Å². The maximum atomic E-state index is 6.30. The molecule has 1 aromatic heterocycles. The van der Waals surface area contributed by atoms with Gasteiger partial charge < -0.3 is 26.8 Å². The van der Waals surface area contributed by atoms with Crippen LogP contribution >= 0.6 is 0 Å². The van der Waals surface area contributed by atoms with E-state index in [0.29, 0.717) is 24.1 Å². The zero-order valence-corrected chi connectivity index (χ0v) is 16.0. The first-order chi connectivity index (χ1) is 13.5. The molecule has 4 rings (SSSR count). The highest BCUT2D eigenvalue weighted by Crippen LogP contribution is 2.34. The van der Waals surface area contributed by atoms with Crippen LogP contribution in [0.2, 0.25) is 0 Å². The van der Waals surface area contributed by atoms with Crippen molar-refractivity contribution in [1.29, 1.82) is 0 Å². The molecule has 0 amide bonds. The molecule has 0 saturated heterocycles. The molecule has 0 saturated carbocycles. The third kappa shape index (κ3) is 3.70. The molecule has 7 nitrogen and oxygen atoms in total. The highest BCUT2D eigenvalue weighted by molar-refractivity contribution is 5.59. The first-order valence-electron chi connectivity index (χ1n) is 9.27. The number of fused-ring (bicyclic) bond motifs is 1. The van der Waals surface area contributed by atoms with E-state index in [-0.39, 0.29) is 0 Å². The molecule has 2 aromatic carbocycles. The Bertz CT molecular complexity index is 993. The molecule has 28 heavy (non-hydrogen) atoms. The predicted molar refractivity (Wildman–Crippen MR) is 112 cm³/mol. The van der Waals surface area contributed by atoms with Crippen molar-refractivity contribution < 1.29 is 4.74 Å². The molecular weight excluding hydrogens is 352 g/mol. The fourth-order valence-electron chi connectivity index (χ4n) is 3.40. The number of nitrogens with zero attached hydrogens (tertiary/aromatic N) is 2. The van der Waals surface area contributed by atoms with Gasteiger partial charge in [-0.15, -0.1) is 0 Å². The highest BCUT2D eigenvalue weighted by atomic mass is 16.5. The Morgan fingerprint density at radius 2 is 1.71 bits per heavy atom. The minimum atomic E-state index is 0.493. The maximum Gasteiger partial charge on any atom is 0.230 e. The summed E-state index contributed by atoms with van der Waals surface area (Å²) in [5.74, 6) is 1.86. The predicted octanol–water partition coefficient (Wildman–Crippen LogP) is 3.44. The Hall–Kier alpha value is -3.32. The van der Waals surface area contributed by atoms with Gasteiger partial charge in [-0.1, -0.05) is 0 Å². The SMILES string of the molecule is Cc1cc(N)cc(C)c1Oc1nc(Nc2ccc(N)cc2)nc2c1CCNC2. The third-order valence-corrected chi connectivity index (χ3v) is 4.75. The minimum absolute atomic E-state index is 0.493. The number of rotatable bonds is 4. The Labute approximate surface area is 164 Å². The molecule has 3 aromatic rings. The van der Waals surface area contributed by atoms with E-state index in [1.54, 1.807) is 0 Å². The molecule has 0 aliphatic carbocycles. The van der Waals surface area contributed by atoms with Gasteiger partial charge >= 0.3 is 0 Å². The number of ether oxygens (including phenoxy) is 1. The maximum absolute atomic E-state index is 6.30. The van der Waals surface area contributed by atoms with Gasteiger partial charge in [-0.05, 0) is 74.3 Å². The second kappa shape index (κ2) is 7.36. The lowest BCUT2D eigenvalue weighted by Gasteiger charge is -2.21. The van der Waals surface area contributed by atoms with Crippen molar-refractivity contribution in [3.63, 3.8) is 0 Å². The van der Waals surface area contributed by atoms with Gasteiger partial charge in [0, 0.05) is 29.2 Å². The summed E-state index contributed by atoms with van der Waals surface area (Å²) >= 11 is 0. The van der Waals surface area contributed by atoms with Gasteiger partial charge in [-0.25, -0.2) is 4.98 Å². The zero-order valence-electron chi connectivity index (χ0n) is 16.0. The number of nitrogens with two attached hydrogens (primary N) is 2. The van der Waals surface area contributed by atoms with Gasteiger partial charge in [0.15, 0.2) is 0 Å². The van der Waals surface area contributed by atoms with Gasteiger partial charge in [0.05, 0.1) is 5.69 Å². The molecule has 2 heterocycles. The molecule has 7 heteroatoms. The molecule has 1 aliphatic heterocycles. The molecule has 0 spiro atoms. The second-order valence-corrected chi connectivity index (χ2v) is 7.04. The van der Waals surface area contributed by atoms with Crippen LogP contribution < -0.4 is 26.8 Å². The second-order valence-electron chi connectivity index (χ2n) is 7.04. The van der Waals surface area contributed by atoms with E-state index in [0.717, 1.165) is 52.5 Å². The number of hydrogen-bond acceptors (Lipinski definition) is 7. The van der Waals surface area contributed by atoms with Crippen LogP contribution in [-0.4, -0.2) is 16.5 Å². The van der Waals surface area contributed by atoms with Gasteiger partial charge in [0.1, 0.15) is 5.75 Å². The molecule has 0 atom stereocenters. The first kappa shape index (κ1) is 18.1. The number of anilines is 4. The number of aromatic nitrogens is 2. The Morgan fingerprint density at radius 3 is 2.43 bits per heavy atom. The average molecular weight is 376 g/mol. The lowest BCUT2D eigenvalue weighted by atomic mass is 10.1. The summed E-state index contributed by atoms with van der Waals surface area (Å²) in [5.41, 5.74) is 17.9. The summed E-state index contributed by atoms with van der Waals surface area (Å²) in [4.78, 5) is 9.35. The van der Waals surface area contributed by atoms with Crippen molar-refractivity contribution in [2.24, 2.45) is 0 Å². The summed E-state index contributed by atoms with van der Waals surface area (Å²) in [6, 6.07) is 11.3. The van der Waals surface area contributed by atoms with Crippen molar-refractivity contribution in [2.45, 2.75) is 26.8 Å². The quantitative estimate of drug-likeness (QED) is 0.516. The average Bonchev–Trinajstić information content (AvgIpc) is 2.66. The molecule has 144 valence electrons. The Morgan fingerprint density at radius 1 is 1.00 bits per heavy atom. The first-order valence-corrected chi connectivity index (χ1v) is 9.27. The molecular formula is C21H24N6O. The standard InChI is InChI=1S/C21H24N6O/c1-12-9-15(23)10-13(2)19(12)28-20-17-7-8-24-11-18(17)26-21(27-20)25-16-5-3-14(22)4-6-16/h3-6,9-10,24H,7-8,11,22-23H2,1-2H3,(H,25,26,27). The van der Waals surface area contributed by atoms with Crippen LogP contribution in [0, 0.1) is 13.8 Å². The smallest absolute Gasteiger partial charge is 0.230 e. The summed E-state index contributed by atoms with van der Waals surface area (Å²) < 4.78 is 6.30. The van der Waals surface area contributed by atoms with Crippen molar-refractivity contribution in [3.8, 4) is 11.6 Å². The number of nitrogens with one attached hydrogen (secondary N) is 2. The number of benzene rings is 2. The number of aryl methyl sites for hydroxylation is 2. The largest absolute Gasteiger partial charge is 0.438 e. The monoisotopic (exact) mass is 376 g/mol. The lowest BCUT2D eigenvalue weighted by molar-refractivity contribution is 0.441. The molecule has 0 bridgehead atoms. The van der Waals surface area contributed by atoms with Crippen LogP contribution in [-0.2, 0) is 13.0 Å². The fourth-order valence-corrected chi connectivity index (χ4v) is 3.40. The molecule has 6 N–H and O–H groups in total. The van der Waals surface area contributed by atoms with Crippen molar-refractivity contribution >= 4 is 23.0 Å². The van der Waals surface area contributed by atoms with E-state index < -0.39 is 0 Å². The van der Waals surface area contributed by atoms with Crippen molar-refractivity contribution in [2.75, 3.05) is 23.3 Å². The fraction of sp³-hybridized carbons (Fsp3) is 0.238. The summed E-state index contributed by atoms with van der Waals surface area (Å²) in [5, 5.41) is 6.59. The number of nitrogen functional groups attached to an aromatic ring is 2. The van der Waals surface area contributed by atoms with Crippen LogP contribution in [0.15, 0.2) is 36.4 Å². The van der Waals surface area contributed by atoms with Gasteiger partial charge in [-0.2, -0.15) is 4.98 Å². The van der Waals surface area contributed by atoms with Crippen molar-refractivity contribution in [3.05, 3.63) is 58.8 Å². The topological polar surface area (TPSA) is 111 Å². The van der Waals surface area contributed by atoms with Crippen LogP contribution in [0.5, 0.6) is 11.6 Å². The van der Waals surface area contributed by atoms with E-state index >= 15 is 0 Å². The van der Waals surface area contributed by atoms with Gasteiger partial charge in [0.25, 0.3) is 0 Å². The summed E-state index contributed by atoms with van der Waals surface area (Å²) in [6.07, 6.45) is 0.819. The summed E-state index contributed by atoms with van der Waals surface area (Å²) in [7, 11) is 0. The normalized spacial score (nSPS) is 13.1. The van der Waals surface area contributed by atoms with E-state index in [1.165, 1.54) is 0 Å². The zero-order chi connectivity index (χ0) is 19.7. The van der Waals surface area contributed by atoms with Gasteiger partial charge in [0.2, 0.25) is 11.8 Å². The lowest BCUT2D eigenvalue weighted by Crippen LogP contribution is -2.26. The third-order valence-electron chi connectivity index (χ3n) is 4.75. The minimum Gasteiger partial charge on any atom is -0.438 e. The highest BCUT2D eigenvalue weighted by Gasteiger charge is 2.20. The molecule has 0 fully saturated rings. The van der Waals surface area contributed by atoms with E-state index in [9.17, 15) is 0 Å². The van der Waals surface area contributed by atoms with Crippen LogP contribution in [0.3, 0.4) is 0 Å². The number of hydrogen-bond donors (Lipinski definition) is 4. The van der Waals surface area contributed by atoms with Crippen molar-refractivity contribution in [1.82, 2.24) is 15.3 Å². The molecule has 1 aliphatic rings. The van der Waals surface area contributed by atoms with Crippen LogP contribution in [0.25, 0.3) is 0 Å². The van der Waals surface area contributed by atoms with Crippen LogP contribution in [0.4, 0.5) is 23.0 Å². The molecule has 0 unspecified atom stereocenters. The Balaban J connectivity index is 1.72. The van der Waals surface area contributed by atoms with Gasteiger partial charge in [-0.3, -0.25) is 0 Å². The van der Waals surface area contributed by atoms with E-state index in [4.69, 9.17) is 16.2 Å². The molecule has 0 radical (unpaired) electrons. The Kier molecular flexibility index (Phi) is 4.75.